The van der Waals surface area contributed by atoms with Crippen molar-refractivity contribution in [2.75, 3.05) is 18.0 Å². The number of hydrogen-bond acceptors (Lipinski definition) is 4. The average molecular weight is 365 g/mol. The third kappa shape index (κ3) is 4.14. The molecule has 6 heteroatoms. The lowest BCUT2D eigenvalue weighted by Gasteiger charge is -2.35. The number of nitrogens with one attached hydrogen (secondary N) is 1. The van der Waals surface area contributed by atoms with Gasteiger partial charge in [-0.2, -0.15) is 5.26 Å². The predicted octanol–water partition coefficient (Wildman–Crippen LogP) is 3.30. The molecule has 138 valence electrons. The minimum atomic E-state index is -0.535. The molecule has 2 aromatic rings. The van der Waals surface area contributed by atoms with Gasteiger partial charge in [-0.25, -0.2) is 4.39 Å². The van der Waals surface area contributed by atoms with Crippen molar-refractivity contribution in [2.24, 2.45) is 0 Å². The molecule has 3 rings (SSSR count). The highest BCUT2D eigenvalue weighted by molar-refractivity contribution is 6.00. The summed E-state index contributed by atoms with van der Waals surface area (Å²) in [4.78, 5) is 26.2. The van der Waals surface area contributed by atoms with Gasteiger partial charge in [0.25, 0.3) is 5.91 Å². The molecular weight excluding hydrogens is 345 g/mol. The van der Waals surface area contributed by atoms with Crippen LogP contribution in [-0.4, -0.2) is 30.8 Å². The van der Waals surface area contributed by atoms with Crippen LogP contribution in [0.3, 0.4) is 0 Å². The number of ketones is 1. The zero-order chi connectivity index (χ0) is 19.4. The van der Waals surface area contributed by atoms with Crippen molar-refractivity contribution < 1.29 is 14.0 Å². The summed E-state index contributed by atoms with van der Waals surface area (Å²) < 4.78 is 13.7. The van der Waals surface area contributed by atoms with E-state index in [0.29, 0.717) is 37.1 Å². The molecule has 0 radical (unpaired) electrons. The van der Waals surface area contributed by atoms with Crippen molar-refractivity contribution in [3.63, 3.8) is 0 Å². The Hall–Kier alpha value is -3.20. The average Bonchev–Trinajstić information content (AvgIpc) is 2.68. The Bertz CT molecular complexity index is 912. The molecule has 0 atom stereocenters. The van der Waals surface area contributed by atoms with Crippen molar-refractivity contribution in [1.82, 2.24) is 5.32 Å². The summed E-state index contributed by atoms with van der Waals surface area (Å²) >= 11 is 0. The molecule has 0 saturated carbocycles. The second-order valence-electron chi connectivity index (χ2n) is 6.61. The maximum Gasteiger partial charge on any atom is 0.254 e. The lowest BCUT2D eigenvalue weighted by atomic mass is 10.00. The van der Waals surface area contributed by atoms with E-state index in [4.69, 9.17) is 5.26 Å². The lowest BCUT2D eigenvalue weighted by molar-refractivity contribution is 0.0926. The van der Waals surface area contributed by atoms with E-state index < -0.39 is 11.7 Å². The molecule has 1 aliphatic rings. The Kier molecular flexibility index (Phi) is 5.51. The van der Waals surface area contributed by atoms with Crippen LogP contribution in [0.25, 0.3) is 0 Å². The number of anilines is 1. The third-order valence-electron chi connectivity index (χ3n) is 4.80. The monoisotopic (exact) mass is 365 g/mol. The lowest BCUT2D eigenvalue weighted by Crippen LogP contribution is -2.45. The number of benzene rings is 2. The highest BCUT2D eigenvalue weighted by atomic mass is 19.1. The second-order valence-corrected chi connectivity index (χ2v) is 6.61. The second kappa shape index (κ2) is 8.00. The first kappa shape index (κ1) is 18.6. The molecule has 0 aliphatic carbocycles. The Morgan fingerprint density at radius 3 is 2.48 bits per heavy atom. The zero-order valence-corrected chi connectivity index (χ0v) is 15.0. The van der Waals surface area contributed by atoms with Crippen LogP contribution in [0.4, 0.5) is 10.1 Å². The highest BCUT2D eigenvalue weighted by Gasteiger charge is 2.24. The quantitative estimate of drug-likeness (QED) is 0.844. The Balaban J connectivity index is 1.68. The van der Waals surface area contributed by atoms with Crippen LogP contribution < -0.4 is 10.2 Å². The normalized spacial score (nSPS) is 14.5. The molecule has 2 aromatic carbocycles. The SMILES string of the molecule is CC(=O)c1ccc(C#N)cc1N1CCC(NC(=O)c2ccccc2F)CC1. The number of hydrogen-bond donors (Lipinski definition) is 1. The summed E-state index contributed by atoms with van der Waals surface area (Å²) in [6, 6.07) is 13.0. The van der Waals surface area contributed by atoms with E-state index in [1.165, 1.54) is 19.1 Å². The topological polar surface area (TPSA) is 73.2 Å². The number of Topliss-reactive ketones (excluding diaryl/α,β-unsaturated/α-hetero) is 1. The fraction of sp³-hybridized carbons (Fsp3) is 0.286. The summed E-state index contributed by atoms with van der Waals surface area (Å²) in [5.74, 6) is -1.00. The Labute approximate surface area is 157 Å². The standard InChI is InChI=1S/C21H20FN3O2/c1-14(26)17-7-6-15(13-23)12-20(17)25-10-8-16(9-11-25)24-21(27)18-4-2-3-5-19(18)22/h2-7,12,16H,8-11H2,1H3,(H,24,27). The number of carbonyl (C=O) groups excluding carboxylic acids is 2. The van der Waals surface area contributed by atoms with E-state index in [1.807, 2.05) is 0 Å². The summed E-state index contributed by atoms with van der Waals surface area (Å²) in [7, 11) is 0. The number of nitrogens with zero attached hydrogens (tertiary/aromatic N) is 2. The molecule has 1 amide bonds. The first-order chi connectivity index (χ1) is 13.0. The van der Waals surface area contributed by atoms with Gasteiger partial charge < -0.3 is 10.2 Å². The molecule has 5 nitrogen and oxygen atoms in total. The summed E-state index contributed by atoms with van der Waals surface area (Å²) in [6.45, 7) is 2.78. The summed E-state index contributed by atoms with van der Waals surface area (Å²) in [6.07, 6.45) is 1.35. The van der Waals surface area contributed by atoms with Crippen LogP contribution in [0.2, 0.25) is 0 Å². The molecule has 1 N–H and O–H groups in total. The predicted molar refractivity (Wildman–Crippen MR) is 100 cm³/mol. The van der Waals surface area contributed by atoms with E-state index in [0.717, 1.165) is 5.69 Å². The van der Waals surface area contributed by atoms with E-state index in [9.17, 15) is 14.0 Å². The van der Waals surface area contributed by atoms with Gasteiger partial charge >= 0.3 is 0 Å². The van der Waals surface area contributed by atoms with Crippen LogP contribution in [0.1, 0.15) is 46.0 Å². The van der Waals surface area contributed by atoms with Gasteiger partial charge in [-0.05, 0) is 50.1 Å². The molecule has 0 aromatic heterocycles. The maximum absolute atomic E-state index is 13.7. The summed E-state index contributed by atoms with van der Waals surface area (Å²) in [5.41, 5.74) is 1.88. The number of carbonyl (C=O) groups is 2. The van der Waals surface area contributed by atoms with Crippen LogP contribution in [0, 0.1) is 17.1 Å². The van der Waals surface area contributed by atoms with Gasteiger partial charge in [-0.15, -0.1) is 0 Å². The minimum absolute atomic E-state index is 0.0421. The van der Waals surface area contributed by atoms with Gasteiger partial charge in [-0.1, -0.05) is 12.1 Å². The molecule has 0 unspecified atom stereocenters. The van der Waals surface area contributed by atoms with Crippen LogP contribution in [0.15, 0.2) is 42.5 Å². The molecule has 1 fully saturated rings. The first-order valence-electron chi connectivity index (χ1n) is 8.85. The number of rotatable bonds is 4. The maximum atomic E-state index is 13.7. The molecule has 0 bridgehead atoms. The van der Waals surface area contributed by atoms with E-state index in [-0.39, 0.29) is 17.4 Å². The van der Waals surface area contributed by atoms with Gasteiger partial charge in [0.2, 0.25) is 0 Å². The number of amides is 1. The Morgan fingerprint density at radius 2 is 1.85 bits per heavy atom. The minimum Gasteiger partial charge on any atom is -0.371 e. The molecule has 0 spiro atoms. The first-order valence-corrected chi connectivity index (χ1v) is 8.85. The van der Waals surface area contributed by atoms with Crippen molar-refractivity contribution >= 4 is 17.4 Å². The van der Waals surface area contributed by atoms with Crippen molar-refractivity contribution in [3.05, 3.63) is 65.0 Å². The smallest absolute Gasteiger partial charge is 0.254 e. The van der Waals surface area contributed by atoms with Crippen molar-refractivity contribution in [1.29, 1.82) is 5.26 Å². The van der Waals surface area contributed by atoms with E-state index >= 15 is 0 Å². The number of halogens is 1. The highest BCUT2D eigenvalue weighted by Crippen LogP contribution is 2.26. The number of nitriles is 1. The Morgan fingerprint density at radius 1 is 1.15 bits per heavy atom. The zero-order valence-electron chi connectivity index (χ0n) is 15.0. The third-order valence-corrected chi connectivity index (χ3v) is 4.80. The van der Waals surface area contributed by atoms with Crippen molar-refractivity contribution in [3.8, 4) is 6.07 Å². The summed E-state index contributed by atoms with van der Waals surface area (Å²) in [5, 5.41) is 12.0. The van der Waals surface area contributed by atoms with Crippen LogP contribution >= 0.6 is 0 Å². The van der Waals surface area contributed by atoms with Crippen LogP contribution in [0.5, 0.6) is 0 Å². The van der Waals surface area contributed by atoms with Gasteiger partial charge in [0.15, 0.2) is 5.78 Å². The molecule has 1 saturated heterocycles. The van der Waals surface area contributed by atoms with E-state index in [2.05, 4.69) is 16.3 Å². The number of piperidine rings is 1. The van der Waals surface area contributed by atoms with Gasteiger partial charge in [0.05, 0.1) is 17.2 Å². The van der Waals surface area contributed by atoms with Gasteiger partial charge in [0.1, 0.15) is 5.82 Å². The molecular formula is C21H20FN3O2. The largest absolute Gasteiger partial charge is 0.371 e. The fourth-order valence-corrected chi connectivity index (χ4v) is 3.33. The van der Waals surface area contributed by atoms with Crippen LogP contribution in [-0.2, 0) is 0 Å². The fourth-order valence-electron chi connectivity index (χ4n) is 3.33. The molecule has 27 heavy (non-hydrogen) atoms. The van der Waals surface area contributed by atoms with E-state index in [1.54, 1.807) is 30.3 Å². The van der Waals surface area contributed by atoms with Gasteiger partial charge in [-0.3, -0.25) is 9.59 Å². The molecule has 1 heterocycles. The van der Waals surface area contributed by atoms with Crippen molar-refractivity contribution in [2.45, 2.75) is 25.8 Å². The molecule has 1 aliphatic heterocycles. The van der Waals surface area contributed by atoms with Gasteiger partial charge in [0, 0.05) is 30.4 Å².